The minimum atomic E-state index is 0.124. The van der Waals surface area contributed by atoms with Gasteiger partial charge in [0.1, 0.15) is 5.82 Å². The Hall–Kier alpha value is -1.58. The first-order valence-corrected chi connectivity index (χ1v) is 5.80. The molecule has 0 unspecified atom stereocenters. The third kappa shape index (κ3) is 2.32. The van der Waals surface area contributed by atoms with Crippen LogP contribution >= 0.6 is 0 Å². The number of nitrogens with zero attached hydrogens (tertiary/aromatic N) is 2. The zero-order valence-corrected chi connectivity index (χ0v) is 9.57. The van der Waals surface area contributed by atoms with Crippen LogP contribution in [0.5, 0.6) is 0 Å². The van der Waals surface area contributed by atoms with Gasteiger partial charge in [0.05, 0.1) is 0 Å². The lowest BCUT2D eigenvalue weighted by Crippen LogP contribution is -2.27. The summed E-state index contributed by atoms with van der Waals surface area (Å²) in [5, 5.41) is 3.11. The summed E-state index contributed by atoms with van der Waals surface area (Å²) in [4.78, 5) is 18.1. The average Bonchev–Trinajstić information content (AvgIpc) is 2.82. The fourth-order valence-corrected chi connectivity index (χ4v) is 1.94. The Morgan fingerprint density at radius 1 is 1.50 bits per heavy atom. The maximum absolute atomic E-state index is 12.1. The highest BCUT2D eigenvalue weighted by Crippen LogP contribution is 2.14. The predicted molar refractivity (Wildman–Crippen MR) is 63.5 cm³/mol. The molecule has 0 spiro atoms. The van der Waals surface area contributed by atoms with Crippen LogP contribution in [0, 0.1) is 0 Å². The second-order valence-electron chi connectivity index (χ2n) is 3.96. The highest BCUT2D eigenvalue weighted by atomic mass is 16.2. The Morgan fingerprint density at radius 2 is 2.25 bits per heavy atom. The Bertz CT molecular complexity index is 372. The van der Waals surface area contributed by atoms with Crippen molar-refractivity contribution in [2.45, 2.75) is 19.8 Å². The summed E-state index contributed by atoms with van der Waals surface area (Å²) < 4.78 is 0. The van der Waals surface area contributed by atoms with Gasteiger partial charge in [0.2, 0.25) is 0 Å². The van der Waals surface area contributed by atoms with Crippen molar-refractivity contribution in [1.82, 2.24) is 9.88 Å². The molecule has 1 aliphatic rings. The van der Waals surface area contributed by atoms with Gasteiger partial charge in [-0.2, -0.15) is 0 Å². The lowest BCUT2D eigenvalue weighted by atomic mass is 10.2. The van der Waals surface area contributed by atoms with Gasteiger partial charge in [-0.25, -0.2) is 4.98 Å². The van der Waals surface area contributed by atoms with Gasteiger partial charge in [0, 0.05) is 31.4 Å². The predicted octanol–water partition coefficient (Wildman–Crippen LogP) is 1.75. The van der Waals surface area contributed by atoms with Crippen molar-refractivity contribution in [3.05, 3.63) is 23.9 Å². The zero-order valence-electron chi connectivity index (χ0n) is 9.57. The highest BCUT2D eigenvalue weighted by Gasteiger charge is 2.19. The second kappa shape index (κ2) is 4.96. The van der Waals surface area contributed by atoms with Crippen LogP contribution in [-0.4, -0.2) is 35.4 Å². The Labute approximate surface area is 95.7 Å². The fourth-order valence-electron chi connectivity index (χ4n) is 1.94. The van der Waals surface area contributed by atoms with Gasteiger partial charge in [-0.3, -0.25) is 4.79 Å². The van der Waals surface area contributed by atoms with Crippen molar-refractivity contribution in [3.63, 3.8) is 0 Å². The van der Waals surface area contributed by atoms with Gasteiger partial charge >= 0.3 is 0 Å². The first kappa shape index (κ1) is 10.9. The van der Waals surface area contributed by atoms with E-state index in [1.807, 2.05) is 17.9 Å². The molecule has 1 saturated heterocycles. The van der Waals surface area contributed by atoms with E-state index in [1.54, 1.807) is 12.3 Å². The van der Waals surface area contributed by atoms with Crippen LogP contribution in [0.1, 0.15) is 30.1 Å². The largest absolute Gasteiger partial charge is 0.370 e. The van der Waals surface area contributed by atoms with Crippen molar-refractivity contribution in [2.24, 2.45) is 0 Å². The standard InChI is InChI=1S/C12H17N3O/c1-2-13-11-9-10(5-6-14-11)12(16)15-7-3-4-8-15/h5-6,9H,2-4,7-8H2,1H3,(H,13,14). The maximum atomic E-state index is 12.1. The smallest absolute Gasteiger partial charge is 0.254 e. The van der Waals surface area contributed by atoms with E-state index >= 15 is 0 Å². The highest BCUT2D eigenvalue weighted by molar-refractivity contribution is 5.94. The molecular weight excluding hydrogens is 202 g/mol. The molecule has 4 nitrogen and oxygen atoms in total. The number of hydrogen-bond acceptors (Lipinski definition) is 3. The molecule has 1 aromatic rings. The summed E-state index contributed by atoms with van der Waals surface area (Å²) in [6, 6.07) is 3.60. The molecule has 0 saturated carbocycles. The van der Waals surface area contributed by atoms with Crippen LogP contribution in [0.4, 0.5) is 5.82 Å². The van der Waals surface area contributed by atoms with Crippen molar-refractivity contribution < 1.29 is 4.79 Å². The molecule has 1 amide bonds. The van der Waals surface area contributed by atoms with Crippen LogP contribution in [0.3, 0.4) is 0 Å². The monoisotopic (exact) mass is 219 g/mol. The van der Waals surface area contributed by atoms with E-state index in [1.165, 1.54) is 0 Å². The summed E-state index contributed by atoms with van der Waals surface area (Å²) >= 11 is 0. The molecule has 86 valence electrons. The van der Waals surface area contributed by atoms with E-state index in [9.17, 15) is 4.79 Å². The zero-order chi connectivity index (χ0) is 11.4. The van der Waals surface area contributed by atoms with E-state index in [0.29, 0.717) is 0 Å². The number of nitrogens with one attached hydrogen (secondary N) is 1. The topological polar surface area (TPSA) is 45.2 Å². The number of rotatable bonds is 3. The lowest BCUT2D eigenvalue weighted by Gasteiger charge is -2.15. The van der Waals surface area contributed by atoms with Crippen molar-refractivity contribution in [3.8, 4) is 0 Å². The van der Waals surface area contributed by atoms with Crippen molar-refractivity contribution >= 4 is 11.7 Å². The molecule has 2 rings (SSSR count). The van der Waals surface area contributed by atoms with Crippen molar-refractivity contribution in [2.75, 3.05) is 25.0 Å². The number of pyridine rings is 1. The summed E-state index contributed by atoms with van der Waals surface area (Å²) in [7, 11) is 0. The molecule has 4 heteroatoms. The Kier molecular flexibility index (Phi) is 3.39. The molecule has 0 aliphatic carbocycles. The normalized spacial score (nSPS) is 15.2. The molecule has 0 radical (unpaired) electrons. The van der Waals surface area contributed by atoms with Crippen LogP contribution in [0.15, 0.2) is 18.3 Å². The first-order chi connectivity index (χ1) is 7.81. The van der Waals surface area contributed by atoms with Gasteiger partial charge in [-0.15, -0.1) is 0 Å². The van der Waals surface area contributed by atoms with E-state index < -0.39 is 0 Å². The number of amides is 1. The number of anilines is 1. The summed E-state index contributed by atoms with van der Waals surface area (Å²) in [5.41, 5.74) is 0.729. The molecule has 1 aliphatic heterocycles. The Morgan fingerprint density at radius 3 is 2.94 bits per heavy atom. The van der Waals surface area contributed by atoms with Gasteiger partial charge < -0.3 is 10.2 Å². The molecule has 1 aromatic heterocycles. The minimum Gasteiger partial charge on any atom is -0.370 e. The molecular formula is C12H17N3O. The maximum Gasteiger partial charge on any atom is 0.254 e. The summed E-state index contributed by atoms with van der Waals surface area (Å²) in [5.74, 6) is 0.895. The van der Waals surface area contributed by atoms with Gasteiger partial charge in [-0.1, -0.05) is 0 Å². The molecule has 2 heterocycles. The molecule has 16 heavy (non-hydrogen) atoms. The summed E-state index contributed by atoms with van der Waals surface area (Å²) in [6.45, 7) is 4.60. The van der Waals surface area contributed by atoms with Crippen LogP contribution in [-0.2, 0) is 0 Å². The van der Waals surface area contributed by atoms with Crippen LogP contribution in [0.25, 0.3) is 0 Å². The van der Waals surface area contributed by atoms with Crippen LogP contribution < -0.4 is 5.32 Å². The quantitative estimate of drug-likeness (QED) is 0.842. The van der Waals surface area contributed by atoms with Gasteiger partial charge in [0.25, 0.3) is 5.91 Å². The lowest BCUT2D eigenvalue weighted by molar-refractivity contribution is 0.0793. The first-order valence-electron chi connectivity index (χ1n) is 5.80. The van der Waals surface area contributed by atoms with E-state index in [2.05, 4.69) is 10.3 Å². The molecule has 1 N–H and O–H groups in total. The molecule has 0 atom stereocenters. The van der Waals surface area contributed by atoms with E-state index in [-0.39, 0.29) is 5.91 Å². The van der Waals surface area contributed by atoms with E-state index in [4.69, 9.17) is 0 Å². The third-order valence-corrected chi connectivity index (χ3v) is 2.76. The number of hydrogen-bond donors (Lipinski definition) is 1. The van der Waals surface area contributed by atoms with E-state index in [0.717, 1.165) is 43.9 Å². The number of carbonyl (C=O) groups excluding carboxylic acids is 1. The number of likely N-dealkylation sites (tertiary alicyclic amines) is 1. The van der Waals surface area contributed by atoms with Gasteiger partial charge in [0.15, 0.2) is 0 Å². The number of aromatic nitrogens is 1. The SMILES string of the molecule is CCNc1cc(C(=O)N2CCCC2)ccn1. The summed E-state index contributed by atoms with van der Waals surface area (Å²) in [6.07, 6.45) is 3.93. The minimum absolute atomic E-state index is 0.124. The molecule has 1 fully saturated rings. The molecule has 0 aromatic carbocycles. The van der Waals surface area contributed by atoms with Crippen LogP contribution in [0.2, 0.25) is 0 Å². The van der Waals surface area contributed by atoms with Gasteiger partial charge in [-0.05, 0) is 31.9 Å². The second-order valence-corrected chi connectivity index (χ2v) is 3.96. The fraction of sp³-hybridized carbons (Fsp3) is 0.500. The third-order valence-electron chi connectivity index (χ3n) is 2.76. The molecule has 0 bridgehead atoms. The van der Waals surface area contributed by atoms with Crippen molar-refractivity contribution in [1.29, 1.82) is 0 Å². The number of carbonyl (C=O) groups is 1. The average molecular weight is 219 g/mol. The Balaban J connectivity index is 2.12.